The van der Waals surface area contributed by atoms with Gasteiger partial charge in [0.25, 0.3) is 5.91 Å². The van der Waals surface area contributed by atoms with Crippen molar-refractivity contribution >= 4 is 27.5 Å². The molecule has 0 aliphatic carbocycles. The average molecular weight is 424 g/mol. The Morgan fingerprint density at radius 1 is 1.38 bits per heavy atom. The molecule has 2 heterocycles. The van der Waals surface area contributed by atoms with Crippen LogP contribution in [-0.2, 0) is 19.6 Å². The van der Waals surface area contributed by atoms with Gasteiger partial charge in [0, 0.05) is 24.7 Å². The highest BCUT2D eigenvalue weighted by Gasteiger charge is 2.36. The van der Waals surface area contributed by atoms with E-state index in [9.17, 15) is 18.0 Å². The first-order valence-electron chi connectivity index (χ1n) is 9.93. The lowest BCUT2D eigenvalue weighted by molar-refractivity contribution is -0.127. The molecular weight excluding hydrogens is 394 g/mol. The third-order valence-corrected chi connectivity index (χ3v) is 7.64. The summed E-state index contributed by atoms with van der Waals surface area (Å²) in [6.45, 7) is 7.98. The normalized spacial score (nSPS) is 20.4. The van der Waals surface area contributed by atoms with Gasteiger partial charge in [-0.3, -0.25) is 9.59 Å². The number of hydrogen-bond donors (Lipinski definition) is 2. The maximum absolute atomic E-state index is 13.3. The Labute approximate surface area is 172 Å². The highest BCUT2D eigenvalue weighted by atomic mass is 32.2. The minimum absolute atomic E-state index is 0.107. The first-order chi connectivity index (χ1) is 13.5. The van der Waals surface area contributed by atoms with Crippen LogP contribution in [0.15, 0.2) is 17.0 Å². The Balaban J connectivity index is 1.82. The molecule has 160 valence electrons. The van der Waals surface area contributed by atoms with E-state index in [1.165, 1.54) is 10.4 Å². The summed E-state index contributed by atoms with van der Waals surface area (Å²) < 4.78 is 33.4. The number of sulfonamides is 1. The maximum atomic E-state index is 13.3. The van der Waals surface area contributed by atoms with Crippen LogP contribution in [0, 0.1) is 12.8 Å². The predicted molar refractivity (Wildman–Crippen MR) is 109 cm³/mol. The fraction of sp³-hybridized carbons (Fsp3) is 0.600. The first kappa shape index (κ1) is 21.6. The minimum atomic E-state index is -3.79. The fourth-order valence-corrected chi connectivity index (χ4v) is 5.28. The number of rotatable bonds is 5. The van der Waals surface area contributed by atoms with Crippen LogP contribution in [0.3, 0.4) is 0 Å². The number of aryl methyl sites for hydroxylation is 1. The standard InChI is InChI=1S/C20H29N3O5S/c1-5-20(3,4)22-19(25)14-7-6-8-23(11-14)29(26,27)17-10-16-15(9-13(17)2)21-18(24)12-28-16/h9-10,14H,5-8,11-12H2,1-4H3,(H,21,24)(H,22,25)/t14-/m1/s1. The van der Waals surface area contributed by atoms with E-state index in [0.29, 0.717) is 36.4 Å². The Morgan fingerprint density at radius 3 is 2.79 bits per heavy atom. The number of piperidine rings is 1. The van der Waals surface area contributed by atoms with Gasteiger partial charge >= 0.3 is 0 Å². The molecule has 1 saturated heterocycles. The summed E-state index contributed by atoms with van der Waals surface area (Å²) in [5.74, 6) is -0.417. The molecule has 0 aromatic heterocycles. The van der Waals surface area contributed by atoms with Crippen molar-refractivity contribution in [2.75, 3.05) is 25.0 Å². The van der Waals surface area contributed by atoms with Gasteiger partial charge in [-0.2, -0.15) is 4.31 Å². The second-order valence-corrected chi connectivity index (χ2v) is 10.3. The highest BCUT2D eigenvalue weighted by Crippen LogP contribution is 2.35. The fourth-order valence-electron chi connectivity index (χ4n) is 3.53. The van der Waals surface area contributed by atoms with E-state index in [-0.39, 0.29) is 41.3 Å². The highest BCUT2D eigenvalue weighted by molar-refractivity contribution is 7.89. The van der Waals surface area contributed by atoms with Crippen molar-refractivity contribution < 1.29 is 22.7 Å². The van der Waals surface area contributed by atoms with Gasteiger partial charge in [0.2, 0.25) is 15.9 Å². The Hall–Kier alpha value is -2.13. The molecular formula is C20H29N3O5S. The summed E-state index contributed by atoms with van der Waals surface area (Å²) in [6.07, 6.45) is 2.08. The van der Waals surface area contributed by atoms with Crippen molar-refractivity contribution in [3.05, 3.63) is 17.7 Å². The second kappa shape index (κ2) is 7.95. The molecule has 0 bridgehead atoms. The lowest BCUT2D eigenvalue weighted by Crippen LogP contribution is -2.50. The average Bonchev–Trinajstić information content (AvgIpc) is 2.67. The molecule has 1 aromatic carbocycles. The Bertz CT molecular complexity index is 926. The number of benzene rings is 1. The number of fused-ring (bicyclic) bond motifs is 1. The molecule has 0 unspecified atom stereocenters. The summed E-state index contributed by atoms with van der Waals surface area (Å²) >= 11 is 0. The zero-order valence-electron chi connectivity index (χ0n) is 17.4. The number of nitrogens with one attached hydrogen (secondary N) is 2. The molecule has 3 rings (SSSR count). The summed E-state index contributed by atoms with van der Waals surface area (Å²) in [5, 5.41) is 5.71. The summed E-state index contributed by atoms with van der Waals surface area (Å²) in [4.78, 5) is 24.3. The number of hydrogen-bond acceptors (Lipinski definition) is 5. The monoisotopic (exact) mass is 423 g/mol. The Kier molecular flexibility index (Phi) is 5.91. The molecule has 1 aromatic rings. The van der Waals surface area contributed by atoms with Crippen molar-refractivity contribution in [1.82, 2.24) is 9.62 Å². The van der Waals surface area contributed by atoms with E-state index >= 15 is 0 Å². The van der Waals surface area contributed by atoms with Gasteiger partial charge in [0.1, 0.15) is 5.75 Å². The topological polar surface area (TPSA) is 105 Å². The van der Waals surface area contributed by atoms with E-state index in [1.807, 2.05) is 20.8 Å². The van der Waals surface area contributed by atoms with E-state index in [4.69, 9.17) is 4.74 Å². The largest absolute Gasteiger partial charge is 0.482 e. The van der Waals surface area contributed by atoms with Crippen molar-refractivity contribution in [3.8, 4) is 5.75 Å². The van der Waals surface area contributed by atoms with Crippen molar-refractivity contribution in [3.63, 3.8) is 0 Å². The minimum Gasteiger partial charge on any atom is -0.482 e. The van der Waals surface area contributed by atoms with E-state index < -0.39 is 10.0 Å². The van der Waals surface area contributed by atoms with Gasteiger partial charge in [-0.15, -0.1) is 0 Å². The van der Waals surface area contributed by atoms with Gasteiger partial charge in [-0.25, -0.2) is 8.42 Å². The van der Waals surface area contributed by atoms with Crippen LogP contribution in [0.4, 0.5) is 5.69 Å². The smallest absolute Gasteiger partial charge is 0.262 e. The van der Waals surface area contributed by atoms with Crippen LogP contribution < -0.4 is 15.4 Å². The molecule has 9 heteroatoms. The molecule has 29 heavy (non-hydrogen) atoms. The molecule has 0 spiro atoms. The van der Waals surface area contributed by atoms with E-state index in [0.717, 1.165) is 6.42 Å². The number of amides is 2. The molecule has 0 radical (unpaired) electrons. The van der Waals surface area contributed by atoms with Crippen LogP contribution in [0.25, 0.3) is 0 Å². The van der Waals surface area contributed by atoms with Crippen LogP contribution in [0.5, 0.6) is 5.75 Å². The van der Waals surface area contributed by atoms with Crippen LogP contribution >= 0.6 is 0 Å². The van der Waals surface area contributed by atoms with Crippen molar-refractivity contribution in [1.29, 1.82) is 0 Å². The molecule has 2 aliphatic rings. The summed E-state index contributed by atoms with van der Waals surface area (Å²) in [7, 11) is -3.79. The van der Waals surface area contributed by atoms with E-state index in [2.05, 4.69) is 10.6 Å². The van der Waals surface area contributed by atoms with Gasteiger partial charge in [0.05, 0.1) is 16.5 Å². The number of nitrogens with zero attached hydrogens (tertiary/aromatic N) is 1. The van der Waals surface area contributed by atoms with Gasteiger partial charge in [-0.1, -0.05) is 6.92 Å². The van der Waals surface area contributed by atoms with Crippen LogP contribution in [0.1, 0.15) is 45.6 Å². The molecule has 2 aliphatic heterocycles. The van der Waals surface area contributed by atoms with Crippen LogP contribution in [-0.4, -0.2) is 49.8 Å². The molecule has 1 atom stereocenters. The number of carbonyl (C=O) groups excluding carboxylic acids is 2. The lowest BCUT2D eigenvalue weighted by atomic mass is 9.95. The predicted octanol–water partition coefficient (Wildman–Crippen LogP) is 2.03. The van der Waals surface area contributed by atoms with Gasteiger partial charge < -0.3 is 15.4 Å². The summed E-state index contributed by atoms with van der Waals surface area (Å²) in [6, 6.07) is 3.07. The SMILES string of the molecule is CCC(C)(C)NC(=O)[C@@H]1CCCN(S(=O)(=O)c2cc3c(cc2C)NC(=O)CO3)C1. The zero-order valence-corrected chi connectivity index (χ0v) is 18.2. The third kappa shape index (κ3) is 4.56. The third-order valence-electron chi connectivity index (χ3n) is 5.63. The number of anilines is 1. The number of carbonyl (C=O) groups is 2. The van der Waals surface area contributed by atoms with Gasteiger partial charge in [0.15, 0.2) is 6.61 Å². The van der Waals surface area contributed by atoms with E-state index in [1.54, 1.807) is 13.0 Å². The zero-order chi connectivity index (χ0) is 21.4. The molecule has 2 N–H and O–H groups in total. The van der Waals surface area contributed by atoms with Gasteiger partial charge in [-0.05, 0) is 51.7 Å². The molecule has 1 fully saturated rings. The molecule has 8 nitrogen and oxygen atoms in total. The first-order valence-corrected chi connectivity index (χ1v) is 11.4. The second-order valence-electron chi connectivity index (χ2n) is 8.38. The Morgan fingerprint density at radius 2 is 2.10 bits per heavy atom. The van der Waals surface area contributed by atoms with Crippen molar-refractivity contribution in [2.24, 2.45) is 5.92 Å². The van der Waals surface area contributed by atoms with Crippen molar-refractivity contribution in [2.45, 2.75) is 57.4 Å². The van der Waals surface area contributed by atoms with Crippen LogP contribution in [0.2, 0.25) is 0 Å². The molecule has 0 saturated carbocycles. The molecule has 2 amide bonds. The summed E-state index contributed by atoms with van der Waals surface area (Å²) in [5.41, 5.74) is 0.665. The number of ether oxygens (including phenoxy) is 1. The lowest BCUT2D eigenvalue weighted by Gasteiger charge is -2.34. The maximum Gasteiger partial charge on any atom is 0.262 e. The quantitative estimate of drug-likeness (QED) is 0.754.